The van der Waals surface area contributed by atoms with Gasteiger partial charge in [-0.2, -0.15) is 71.9 Å². The summed E-state index contributed by atoms with van der Waals surface area (Å²) in [5.74, 6) is 0. The molecule has 0 spiro atoms. The van der Waals surface area contributed by atoms with Crippen molar-refractivity contribution in [2.24, 2.45) is 0 Å². The summed E-state index contributed by atoms with van der Waals surface area (Å²) in [5.41, 5.74) is 4.67. The van der Waals surface area contributed by atoms with E-state index in [4.69, 9.17) is 0 Å². The standard InChI is InChI=1S/C15H11F6.C13H13.2ClH.Zr/c1-8-3-10(4-9(8)2)11-5-12(14(16,17)18)7-13(6-11)15(19,20)21;1-10-8-13(9-11(10)2)12-6-4-3-5-7-12;;;/h5-7H,3H2,1-2H3;3-7H,8H2,1-2H3;2*1H;/q2*-1;;;+4/p-2. The quantitative estimate of drug-likeness (QED) is 0.351. The van der Waals surface area contributed by atoms with Crippen LogP contribution in [0.15, 0.2) is 70.8 Å². The molecule has 2 aliphatic rings. The molecule has 2 aliphatic carbocycles. The van der Waals surface area contributed by atoms with Crippen LogP contribution >= 0.6 is 0 Å². The number of rotatable bonds is 2. The van der Waals surface area contributed by atoms with E-state index in [0.29, 0.717) is 12.0 Å². The van der Waals surface area contributed by atoms with Crippen molar-refractivity contribution in [2.75, 3.05) is 0 Å². The van der Waals surface area contributed by atoms with Crippen molar-refractivity contribution in [3.8, 4) is 0 Å². The van der Waals surface area contributed by atoms with E-state index in [-0.39, 0.29) is 62.6 Å². The second-order valence-corrected chi connectivity index (χ2v) is 8.53. The summed E-state index contributed by atoms with van der Waals surface area (Å²) in [7, 11) is 0. The molecule has 0 bridgehead atoms. The van der Waals surface area contributed by atoms with Gasteiger partial charge in [-0.3, -0.25) is 0 Å². The molecule has 0 nitrogen and oxygen atoms in total. The van der Waals surface area contributed by atoms with Crippen molar-refractivity contribution in [1.82, 2.24) is 0 Å². The summed E-state index contributed by atoms with van der Waals surface area (Å²) < 4.78 is 76.6. The zero-order chi connectivity index (χ0) is 25.3. The summed E-state index contributed by atoms with van der Waals surface area (Å²) in [6, 6.07) is 12.1. The SMILES string of the molecule is CC1=C(C)CC(c2cc(C(F)(F)F)cc(C(F)(F)F)c2)=[C-]1.CC1=C(C)CC(c2ccccc2)=[C-]1.[Cl-].[Cl-].[Zr+4]. The fourth-order valence-electron chi connectivity index (χ4n) is 3.67. The molecule has 0 N–H and O–H groups in total. The van der Waals surface area contributed by atoms with E-state index >= 15 is 0 Å². The number of alkyl halides is 6. The smallest absolute Gasteiger partial charge is 1.00 e. The number of benzene rings is 2. The molecule has 0 amide bonds. The monoisotopic (exact) mass is 634 g/mol. The second kappa shape index (κ2) is 14.0. The second-order valence-electron chi connectivity index (χ2n) is 8.53. The van der Waals surface area contributed by atoms with Gasteiger partial charge in [-0.25, -0.2) is 0 Å². The van der Waals surface area contributed by atoms with Gasteiger partial charge < -0.3 is 24.8 Å². The maximum absolute atomic E-state index is 12.8. The first kappa shape index (κ1) is 35.4. The first-order valence-corrected chi connectivity index (χ1v) is 10.7. The summed E-state index contributed by atoms with van der Waals surface area (Å²) in [5, 5.41) is 0. The molecular weight excluding hydrogens is 612 g/mol. The van der Waals surface area contributed by atoms with Crippen molar-refractivity contribution < 1.29 is 77.4 Å². The number of hydrogen-bond acceptors (Lipinski definition) is 0. The topological polar surface area (TPSA) is 0 Å². The van der Waals surface area contributed by atoms with Crippen LogP contribution in [0.25, 0.3) is 11.1 Å². The van der Waals surface area contributed by atoms with Crippen LogP contribution in [0.1, 0.15) is 62.8 Å². The third-order valence-corrected chi connectivity index (χ3v) is 5.90. The summed E-state index contributed by atoms with van der Waals surface area (Å²) in [6.45, 7) is 7.80. The van der Waals surface area contributed by atoms with Crippen molar-refractivity contribution in [3.63, 3.8) is 0 Å². The van der Waals surface area contributed by atoms with Crippen molar-refractivity contribution in [1.29, 1.82) is 0 Å². The molecule has 4 rings (SSSR count). The zero-order valence-electron chi connectivity index (χ0n) is 20.6. The fraction of sp³-hybridized carbons (Fsp3) is 0.286. The van der Waals surface area contributed by atoms with Crippen molar-refractivity contribution >= 4 is 11.1 Å². The third kappa shape index (κ3) is 9.30. The largest absolute Gasteiger partial charge is 4.00 e. The minimum Gasteiger partial charge on any atom is -1.00 e. The van der Waals surface area contributed by atoms with E-state index in [2.05, 4.69) is 50.3 Å². The Morgan fingerprint density at radius 2 is 0.973 bits per heavy atom. The number of halogens is 8. The van der Waals surface area contributed by atoms with Crippen molar-refractivity contribution in [2.45, 2.75) is 52.9 Å². The van der Waals surface area contributed by atoms with Crippen LogP contribution in [0, 0.1) is 12.2 Å². The molecule has 0 unspecified atom stereocenters. The molecule has 9 heteroatoms. The molecule has 0 saturated carbocycles. The molecule has 0 heterocycles. The van der Waals surface area contributed by atoms with E-state index in [1.807, 2.05) is 6.07 Å². The Morgan fingerprint density at radius 1 is 0.595 bits per heavy atom. The van der Waals surface area contributed by atoms with Gasteiger partial charge in [0, 0.05) is 11.1 Å². The molecule has 0 atom stereocenters. The van der Waals surface area contributed by atoms with Crippen LogP contribution in [-0.2, 0) is 38.6 Å². The molecule has 37 heavy (non-hydrogen) atoms. The molecule has 2 aromatic rings. The van der Waals surface area contributed by atoms with Crippen molar-refractivity contribution in [3.05, 3.63) is 105 Å². The molecule has 0 radical (unpaired) electrons. The minimum atomic E-state index is -4.83. The Kier molecular flexibility index (Phi) is 13.4. The van der Waals surface area contributed by atoms with Crippen LogP contribution in [-0.4, -0.2) is 0 Å². The van der Waals surface area contributed by atoms with E-state index < -0.39 is 23.5 Å². The molecule has 0 aliphatic heterocycles. The first-order valence-electron chi connectivity index (χ1n) is 10.7. The molecular formula is C28H24Cl2F6Zr. The summed E-state index contributed by atoms with van der Waals surface area (Å²) >= 11 is 0. The normalized spacial score (nSPS) is 15.1. The van der Waals surface area contributed by atoms with Crippen LogP contribution in [0.3, 0.4) is 0 Å². The third-order valence-electron chi connectivity index (χ3n) is 5.90. The van der Waals surface area contributed by atoms with Gasteiger partial charge in [0.1, 0.15) is 0 Å². The van der Waals surface area contributed by atoms with Crippen LogP contribution in [0.5, 0.6) is 0 Å². The first-order chi connectivity index (χ1) is 15.8. The average Bonchev–Trinajstić information content (AvgIpc) is 3.28. The molecule has 196 valence electrons. The van der Waals surface area contributed by atoms with Crippen LogP contribution in [0.2, 0.25) is 0 Å². The summed E-state index contributed by atoms with van der Waals surface area (Å²) in [6.07, 6.45) is -2.02. The van der Waals surface area contributed by atoms with E-state index in [1.165, 1.54) is 22.3 Å². The van der Waals surface area contributed by atoms with E-state index in [0.717, 1.165) is 29.7 Å². The van der Waals surface area contributed by atoms with Gasteiger partial charge in [-0.05, 0) is 6.07 Å². The van der Waals surface area contributed by atoms with E-state index in [9.17, 15) is 26.3 Å². The van der Waals surface area contributed by atoms with Gasteiger partial charge in [0.25, 0.3) is 0 Å². The Balaban J connectivity index is 0.000000705. The molecule has 2 aromatic carbocycles. The van der Waals surface area contributed by atoms with Gasteiger partial charge in [0.15, 0.2) is 0 Å². The Labute approximate surface area is 245 Å². The van der Waals surface area contributed by atoms with Gasteiger partial charge in [0.05, 0.1) is 0 Å². The van der Waals surface area contributed by atoms with Gasteiger partial charge >= 0.3 is 38.6 Å². The summed E-state index contributed by atoms with van der Waals surface area (Å²) in [4.78, 5) is 0. The number of hydrogen-bond donors (Lipinski definition) is 0. The Morgan fingerprint density at radius 3 is 1.30 bits per heavy atom. The van der Waals surface area contributed by atoms with E-state index in [1.54, 1.807) is 13.8 Å². The maximum atomic E-state index is 12.8. The average molecular weight is 637 g/mol. The van der Waals surface area contributed by atoms with Crippen LogP contribution < -0.4 is 24.8 Å². The zero-order valence-corrected chi connectivity index (χ0v) is 24.5. The van der Waals surface area contributed by atoms with Gasteiger partial charge in [-0.1, -0.05) is 70.9 Å². The molecule has 0 saturated heterocycles. The molecule has 0 aromatic heterocycles. The minimum absolute atomic E-state index is 0. The van der Waals surface area contributed by atoms with Gasteiger partial charge in [0.2, 0.25) is 0 Å². The predicted molar refractivity (Wildman–Crippen MR) is 122 cm³/mol. The Bertz CT molecular complexity index is 1170. The number of allylic oxidation sites excluding steroid dienone is 8. The molecule has 0 fully saturated rings. The maximum Gasteiger partial charge on any atom is 4.00 e. The van der Waals surface area contributed by atoms with Crippen LogP contribution in [0.4, 0.5) is 26.3 Å². The Hall–Kier alpha value is -1.56. The van der Waals surface area contributed by atoms with Gasteiger partial charge in [-0.15, -0.1) is 23.3 Å². The predicted octanol–water partition coefficient (Wildman–Crippen LogP) is 3.27. The fourth-order valence-corrected chi connectivity index (χ4v) is 3.67.